The third-order valence-corrected chi connectivity index (χ3v) is 6.90. The van der Waals surface area contributed by atoms with E-state index in [2.05, 4.69) is 0 Å². The van der Waals surface area contributed by atoms with Crippen molar-refractivity contribution in [2.75, 3.05) is 14.1 Å². The summed E-state index contributed by atoms with van der Waals surface area (Å²) in [6.07, 6.45) is 0.123. The van der Waals surface area contributed by atoms with Gasteiger partial charge in [0.05, 0.1) is 11.6 Å². The lowest BCUT2D eigenvalue weighted by Gasteiger charge is -2.50. The lowest BCUT2D eigenvalue weighted by Crippen LogP contribution is -2.63. The van der Waals surface area contributed by atoms with E-state index in [1.54, 1.807) is 21.0 Å². The molecule has 0 aromatic heterocycles. The maximum absolute atomic E-state index is 14.1. The van der Waals surface area contributed by atoms with E-state index in [1.165, 1.54) is 4.90 Å². The molecule has 0 spiro atoms. The molecule has 1 amide bonds. The van der Waals surface area contributed by atoms with E-state index < -0.39 is 69.6 Å². The van der Waals surface area contributed by atoms with Gasteiger partial charge in [-0.1, -0.05) is 0 Å². The SMILES string of the molecule is Cc1cc(F)c(O)c2c1C[C@H]1C[C@H]3C(N(C)C)C(O)=C(C(N)=O)C(=O)[C@@]3(O)C(O)=C1C2=O. The normalized spacial score (nSPS) is 29.8. The van der Waals surface area contributed by atoms with Crippen LogP contribution in [-0.2, 0) is 16.0 Å². The molecule has 170 valence electrons. The number of primary amides is 1. The van der Waals surface area contributed by atoms with Crippen LogP contribution < -0.4 is 5.73 Å². The Labute approximate surface area is 182 Å². The zero-order valence-electron chi connectivity index (χ0n) is 17.6. The minimum Gasteiger partial charge on any atom is -0.510 e. The number of aryl methyl sites for hydroxylation is 1. The van der Waals surface area contributed by atoms with Crippen molar-refractivity contribution >= 4 is 17.5 Å². The lowest BCUT2D eigenvalue weighted by atomic mass is 9.58. The molecule has 4 rings (SSSR count). The number of hydrogen-bond acceptors (Lipinski definition) is 8. The number of phenols is 1. The summed E-state index contributed by atoms with van der Waals surface area (Å²) in [4.78, 5) is 39.8. The molecule has 1 unspecified atom stereocenters. The number of carbonyl (C=O) groups excluding carboxylic acids is 3. The summed E-state index contributed by atoms with van der Waals surface area (Å²) >= 11 is 0. The Balaban J connectivity index is 1.99. The van der Waals surface area contributed by atoms with Gasteiger partial charge in [0.15, 0.2) is 23.0 Å². The number of allylic oxidation sites excluding steroid dienone is 1. The Hall–Kier alpha value is -3.24. The van der Waals surface area contributed by atoms with Gasteiger partial charge < -0.3 is 26.2 Å². The average molecular weight is 446 g/mol. The van der Waals surface area contributed by atoms with Crippen LogP contribution in [0.3, 0.4) is 0 Å². The summed E-state index contributed by atoms with van der Waals surface area (Å²) in [5.74, 6) is -8.77. The number of Topliss-reactive ketones (excluding diaryl/α,β-unsaturated/α-hetero) is 2. The number of amides is 1. The second-order valence-corrected chi connectivity index (χ2v) is 8.84. The van der Waals surface area contributed by atoms with Gasteiger partial charge in [-0.3, -0.25) is 19.3 Å². The van der Waals surface area contributed by atoms with Crippen molar-refractivity contribution in [3.8, 4) is 5.75 Å². The Kier molecular flexibility index (Phi) is 4.72. The highest BCUT2D eigenvalue weighted by atomic mass is 19.1. The summed E-state index contributed by atoms with van der Waals surface area (Å²) in [6.45, 7) is 1.59. The van der Waals surface area contributed by atoms with Gasteiger partial charge in [-0.05, 0) is 57.0 Å². The Bertz CT molecular complexity index is 1170. The number of fused-ring (bicyclic) bond motifs is 3. The number of aliphatic hydroxyl groups is 3. The van der Waals surface area contributed by atoms with Gasteiger partial charge in [-0.15, -0.1) is 0 Å². The van der Waals surface area contributed by atoms with E-state index in [-0.39, 0.29) is 24.0 Å². The van der Waals surface area contributed by atoms with Crippen LogP contribution in [0.15, 0.2) is 28.7 Å². The van der Waals surface area contributed by atoms with Crippen molar-refractivity contribution in [2.24, 2.45) is 17.6 Å². The van der Waals surface area contributed by atoms with E-state index in [0.29, 0.717) is 11.1 Å². The number of nitrogens with zero attached hydrogens (tertiary/aromatic N) is 1. The van der Waals surface area contributed by atoms with E-state index in [4.69, 9.17) is 5.73 Å². The number of likely N-dealkylation sites (N-methyl/N-ethyl adjacent to an activating group) is 1. The van der Waals surface area contributed by atoms with Gasteiger partial charge >= 0.3 is 0 Å². The standard InChI is InChI=1S/C22H23FN2O7/c1-7-4-11(23)16(26)13-9(7)5-8-6-10-15(25(2)3)18(28)14(21(24)31)20(30)22(10,32)19(29)12(8)17(13)27/h4,8,10,15,26,28-29,32H,5-6H2,1-3H3,(H2,24,31)/t8-,10-,15?,22-/m0/s1. The van der Waals surface area contributed by atoms with Gasteiger partial charge in [0, 0.05) is 11.5 Å². The van der Waals surface area contributed by atoms with E-state index in [1.807, 2.05) is 0 Å². The highest BCUT2D eigenvalue weighted by molar-refractivity contribution is 6.24. The van der Waals surface area contributed by atoms with Crippen molar-refractivity contribution < 1.29 is 39.2 Å². The van der Waals surface area contributed by atoms with Crippen molar-refractivity contribution in [3.05, 3.63) is 51.2 Å². The van der Waals surface area contributed by atoms with E-state index >= 15 is 0 Å². The summed E-state index contributed by atoms with van der Waals surface area (Å²) in [7, 11) is 3.11. The number of benzene rings is 1. The van der Waals surface area contributed by atoms with E-state index in [9.17, 15) is 39.2 Å². The fourth-order valence-corrected chi connectivity index (χ4v) is 5.46. The molecule has 0 saturated heterocycles. The third kappa shape index (κ3) is 2.59. The number of rotatable bonds is 2. The monoisotopic (exact) mass is 446 g/mol. The molecule has 1 aromatic rings. The fraction of sp³-hybridized carbons (Fsp3) is 0.409. The molecule has 0 heterocycles. The first-order chi connectivity index (χ1) is 14.8. The van der Waals surface area contributed by atoms with Gasteiger partial charge in [0.1, 0.15) is 17.1 Å². The number of aromatic hydroxyl groups is 1. The molecule has 3 aliphatic rings. The van der Waals surface area contributed by atoms with Crippen LogP contribution >= 0.6 is 0 Å². The summed E-state index contributed by atoms with van der Waals surface area (Å²) < 4.78 is 14.1. The number of halogens is 1. The molecule has 0 fully saturated rings. The van der Waals surface area contributed by atoms with Crippen LogP contribution in [0.25, 0.3) is 0 Å². The quantitative estimate of drug-likeness (QED) is 0.412. The second-order valence-electron chi connectivity index (χ2n) is 8.84. The molecule has 10 heteroatoms. The van der Waals surface area contributed by atoms with Crippen molar-refractivity contribution in [1.82, 2.24) is 4.90 Å². The molecule has 3 aliphatic carbocycles. The van der Waals surface area contributed by atoms with Gasteiger partial charge in [-0.25, -0.2) is 4.39 Å². The average Bonchev–Trinajstić information content (AvgIpc) is 2.68. The smallest absolute Gasteiger partial charge is 0.255 e. The van der Waals surface area contributed by atoms with Gasteiger partial charge in [-0.2, -0.15) is 0 Å². The number of aliphatic hydroxyl groups excluding tert-OH is 2. The number of ketones is 2. The number of hydrogen-bond donors (Lipinski definition) is 5. The highest BCUT2D eigenvalue weighted by Gasteiger charge is 2.63. The van der Waals surface area contributed by atoms with Crippen molar-refractivity contribution in [1.29, 1.82) is 0 Å². The van der Waals surface area contributed by atoms with Crippen molar-refractivity contribution in [2.45, 2.75) is 31.4 Å². The lowest BCUT2D eigenvalue weighted by molar-refractivity contribution is -0.148. The van der Waals surface area contributed by atoms with Gasteiger partial charge in [0.25, 0.3) is 5.91 Å². The molecular formula is C22H23FN2O7. The van der Waals surface area contributed by atoms with Crippen LogP contribution in [0.4, 0.5) is 4.39 Å². The predicted octanol–water partition coefficient (Wildman–Crippen LogP) is 0.568. The Morgan fingerprint density at radius 3 is 2.44 bits per heavy atom. The zero-order chi connectivity index (χ0) is 23.9. The summed E-state index contributed by atoms with van der Waals surface area (Å²) in [5.41, 5.74) is 1.88. The molecule has 0 saturated carbocycles. The molecule has 32 heavy (non-hydrogen) atoms. The number of carbonyl (C=O) groups is 3. The Morgan fingerprint density at radius 2 is 1.88 bits per heavy atom. The highest BCUT2D eigenvalue weighted by Crippen LogP contribution is 2.52. The maximum atomic E-state index is 14.1. The van der Waals surface area contributed by atoms with Crippen LogP contribution in [0, 0.1) is 24.6 Å². The van der Waals surface area contributed by atoms with Crippen LogP contribution in [0.2, 0.25) is 0 Å². The van der Waals surface area contributed by atoms with Crippen LogP contribution in [0.5, 0.6) is 5.75 Å². The molecule has 0 bridgehead atoms. The first-order valence-corrected chi connectivity index (χ1v) is 9.99. The number of phenolic OH excluding ortho intramolecular Hbond substituents is 1. The minimum atomic E-state index is -2.71. The largest absolute Gasteiger partial charge is 0.510 e. The molecule has 0 aliphatic heterocycles. The Morgan fingerprint density at radius 1 is 1.25 bits per heavy atom. The van der Waals surface area contributed by atoms with Gasteiger partial charge in [0.2, 0.25) is 5.78 Å². The first kappa shape index (κ1) is 22.0. The van der Waals surface area contributed by atoms with Crippen LogP contribution in [0.1, 0.15) is 27.9 Å². The topological polar surface area (TPSA) is 161 Å². The van der Waals surface area contributed by atoms with Crippen molar-refractivity contribution in [3.63, 3.8) is 0 Å². The molecule has 1 aromatic carbocycles. The molecule has 6 N–H and O–H groups in total. The zero-order valence-corrected chi connectivity index (χ0v) is 17.6. The second kappa shape index (κ2) is 6.88. The van der Waals surface area contributed by atoms with E-state index in [0.717, 1.165) is 6.07 Å². The van der Waals surface area contributed by atoms with Crippen LogP contribution in [-0.4, -0.2) is 68.5 Å². The third-order valence-electron chi connectivity index (χ3n) is 6.90. The fourth-order valence-electron chi connectivity index (χ4n) is 5.46. The molecule has 0 radical (unpaired) electrons. The summed E-state index contributed by atoms with van der Waals surface area (Å²) in [6, 6.07) is 0.0541. The number of nitrogens with two attached hydrogens (primary N) is 1. The summed E-state index contributed by atoms with van der Waals surface area (Å²) in [5, 5.41) is 43.4. The molecule has 4 atom stereocenters. The first-order valence-electron chi connectivity index (χ1n) is 9.99. The predicted molar refractivity (Wildman–Crippen MR) is 108 cm³/mol. The minimum absolute atomic E-state index is 0.0106. The molecule has 9 nitrogen and oxygen atoms in total. The molecular weight excluding hydrogens is 423 g/mol. The maximum Gasteiger partial charge on any atom is 0.255 e.